The number of nitrogens with two attached hydrogens (primary N) is 1. The van der Waals surface area contributed by atoms with Gasteiger partial charge in [-0.05, 0) is 64.1 Å². The molecule has 164 valence electrons. The summed E-state index contributed by atoms with van der Waals surface area (Å²) >= 11 is 10.5. The van der Waals surface area contributed by atoms with Crippen LogP contribution in [-0.2, 0) is 9.47 Å². The molecule has 0 saturated carbocycles. The van der Waals surface area contributed by atoms with Gasteiger partial charge in [-0.2, -0.15) is 0 Å². The fraction of sp³-hybridized carbons (Fsp3) is 0.882. The maximum Gasteiger partial charge on any atom is 0.258 e. The lowest BCUT2D eigenvalue weighted by molar-refractivity contribution is -0.0710. The van der Waals surface area contributed by atoms with Crippen LogP contribution in [0.2, 0.25) is 0 Å². The molecule has 4 N–H and O–H groups in total. The van der Waals surface area contributed by atoms with E-state index in [1.165, 1.54) is 0 Å². The third kappa shape index (κ3) is 16.5. The predicted molar refractivity (Wildman–Crippen MR) is 127 cm³/mol. The zero-order valence-corrected chi connectivity index (χ0v) is 20.3. The van der Waals surface area contributed by atoms with Crippen LogP contribution in [0.1, 0.15) is 59.8 Å². The van der Waals surface area contributed by atoms with Crippen molar-refractivity contribution >= 4 is 59.6 Å². The van der Waals surface area contributed by atoms with Crippen LogP contribution in [0.5, 0.6) is 0 Å². The number of halogens is 2. The summed E-state index contributed by atoms with van der Waals surface area (Å²) in [6, 6.07) is 0. The van der Waals surface area contributed by atoms with E-state index in [9.17, 15) is 0 Å². The molecule has 0 spiro atoms. The van der Waals surface area contributed by atoms with E-state index in [2.05, 4.69) is 29.4 Å². The standard InChI is InChI=1S/C17H36N4O2S2.2ClH/c1-5-7-11-19-16(24)22-14(3)21(13-9-10-18)15(4)23-17(25)20-12-8-6-2;;/h14-15H,5-13,18H2,1-4H3,(H,19,24)(H,20,25);2*1H. The Hall–Kier alpha value is -0.120. The summed E-state index contributed by atoms with van der Waals surface area (Å²) in [6.07, 6.45) is 4.72. The summed E-state index contributed by atoms with van der Waals surface area (Å²) in [6.45, 7) is 11.2. The maximum absolute atomic E-state index is 5.82. The lowest BCUT2D eigenvalue weighted by Gasteiger charge is -2.34. The number of thiocarbonyl (C=S) groups is 2. The van der Waals surface area contributed by atoms with Gasteiger partial charge in [0, 0.05) is 19.6 Å². The highest BCUT2D eigenvalue weighted by Gasteiger charge is 2.23. The van der Waals surface area contributed by atoms with E-state index in [0.29, 0.717) is 16.9 Å². The quantitative estimate of drug-likeness (QED) is 0.217. The van der Waals surface area contributed by atoms with Gasteiger partial charge in [0.15, 0.2) is 12.5 Å². The van der Waals surface area contributed by atoms with Gasteiger partial charge in [-0.25, -0.2) is 4.90 Å². The lowest BCUT2D eigenvalue weighted by Crippen LogP contribution is -2.47. The number of hydrogen-bond acceptors (Lipinski definition) is 6. The molecule has 0 rings (SSSR count). The minimum Gasteiger partial charge on any atom is -0.452 e. The van der Waals surface area contributed by atoms with E-state index >= 15 is 0 Å². The third-order valence-corrected chi connectivity index (χ3v) is 4.19. The number of rotatable bonds is 13. The van der Waals surface area contributed by atoms with Crippen LogP contribution in [0.15, 0.2) is 0 Å². The van der Waals surface area contributed by atoms with Crippen molar-refractivity contribution in [2.45, 2.75) is 72.3 Å². The van der Waals surface area contributed by atoms with Gasteiger partial charge in [0.25, 0.3) is 10.3 Å². The lowest BCUT2D eigenvalue weighted by atomic mass is 10.3. The van der Waals surface area contributed by atoms with Crippen LogP contribution in [0.25, 0.3) is 0 Å². The molecule has 2 atom stereocenters. The normalized spacial score (nSPS) is 12.2. The van der Waals surface area contributed by atoms with Crippen LogP contribution in [-0.4, -0.2) is 53.9 Å². The molecule has 0 fully saturated rings. The maximum atomic E-state index is 5.82. The van der Waals surface area contributed by atoms with Gasteiger partial charge in [0.1, 0.15) is 0 Å². The van der Waals surface area contributed by atoms with Gasteiger partial charge in [0.05, 0.1) is 0 Å². The zero-order chi connectivity index (χ0) is 19.1. The fourth-order valence-electron chi connectivity index (χ4n) is 2.20. The minimum atomic E-state index is -0.235. The molecule has 0 amide bonds. The SMILES string of the molecule is CCCCNC(=S)OC(C)N(CCCN)C(C)OC(=S)NCCCC.Cl.Cl. The molecule has 2 unspecified atom stereocenters. The molecule has 0 aliphatic carbocycles. The monoisotopic (exact) mass is 464 g/mol. The molecule has 0 aromatic rings. The van der Waals surface area contributed by atoms with Gasteiger partial charge in [-0.1, -0.05) is 26.7 Å². The third-order valence-electron chi connectivity index (χ3n) is 3.71. The Morgan fingerprint density at radius 1 is 0.889 bits per heavy atom. The van der Waals surface area contributed by atoms with Crippen molar-refractivity contribution in [2.24, 2.45) is 5.73 Å². The summed E-state index contributed by atoms with van der Waals surface area (Å²) in [4.78, 5) is 2.06. The summed E-state index contributed by atoms with van der Waals surface area (Å²) < 4.78 is 11.6. The Bertz CT molecular complexity index is 353. The molecular weight excluding hydrogens is 427 g/mol. The van der Waals surface area contributed by atoms with E-state index in [4.69, 9.17) is 39.6 Å². The number of nitrogens with zero attached hydrogens (tertiary/aromatic N) is 1. The molecule has 0 heterocycles. The van der Waals surface area contributed by atoms with Crippen molar-refractivity contribution in [1.29, 1.82) is 0 Å². The van der Waals surface area contributed by atoms with E-state index in [1.54, 1.807) is 0 Å². The molecule has 0 aromatic carbocycles. The highest BCUT2D eigenvalue weighted by Crippen LogP contribution is 2.10. The van der Waals surface area contributed by atoms with Gasteiger partial charge in [-0.15, -0.1) is 24.8 Å². The molecule has 0 radical (unpaired) electrons. The van der Waals surface area contributed by atoms with E-state index in [1.807, 2.05) is 13.8 Å². The smallest absolute Gasteiger partial charge is 0.258 e. The van der Waals surface area contributed by atoms with Crippen molar-refractivity contribution in [2.75, 3.05) is 26.2 Å². The van der Waals surface area contributed by atoms with Gasteiger partial charge < -0.3 is 25.8 Å². The van der Waals surface area contributed by atoms with Crippen molar-refractivity contribution in [3.05, 3.63) is 0 Å². The largest absolute Gasteiger partial charge is 0.452 e. The predicted octanol–water partition coefficient (Wildman–Crippen LogP) is 3.56. The van der Waals surface area contributed by atoms with Crippen LogP contribution < -0.4 is 16.4 Å². The summed E-state index contributed by atoms with van der Waals surface area (Å²) in [7, 11) is 0. The average Bonchev–Trinajstić information content (AvgIpc) is 2.55. The minimum absolute atomic E-state index is 0. The molecule has 0 aliphatic heterocycles. The number of hydrogen-bond donors (Lipinski definition) is 3. The Kier molecular flexibility index (Phi) is 24.1. The topological polar surface area (TPSA) is 71.8 Å². The first-order valence-corrected chi connectivity index (χ1v) is 10.1. The molecule has 10 heteroatoms. The number of nitrogens with one attached hydrogen (secondary N) is 2. The molecule has 0 saturated heterocycles. The van der Waals surface area contributed by atoms with E-state index < -0.39 is 0 Å². The second-order valence-corrected chi connectivity index (χ2v) is 6.69. The Balaban J connectivity index is -0.00000288. The second kappa shape index (κ2) is 20.6. The Morgan fingerprint density at radius 3 is 1.63 bits per heavy atom. The second-order valence-electron chi connectivity index (χ2n) is 5.95. The summed E-state index contributed by atoms with van der Waals surface area (Å²) in [5.74, 6) is 0. The first-order chi connectivity index (χ1) is 12.0. The fourth-order valence-corrected chi connectivity index (χ4v) is 2.68. The van der Waals surface area contributed by atoms with E-state index in [-0.39, 0.29) is 37.3 Å². The summed E-state index contributed by atoms with van der Waals surface area (Å²) in [5.41, 5.74) is 5.66. The molecule has 27 heavy (non-hydrogen) atoms. The molecule has 0 bridgehead atoms. The van der Waals surface area contributed by atoms with Gasteiger partial charge in [0.2, 0.25) is 0 Å². The van der Waals surface area contributed by atoms with Gasteiger partial charge in [-0.3, -0.25) is 0 Å². The summed E-state index contributed by atoms with van der Waals surface area (Å²) in [5, 5.41) is 7.06. The van der Waals surface area contributed by atoms with Crippen LogP contribution in [0, 0.1) is 0 Å². The molecule has 0 aromatic heterocycles. The van der Waals surface area contributed by atoms with Crippen molar-refractivity contribution in [3.8, 4) is 0 Å². The van der Waals surface area contributed by atoms with Crippen LogP contribution >= 0.6 is 49.2 Å². The van der Waals surface area contributed by atoms with Crippen LogP contribution in [0.4, 0.5) is 0 Å². The first kappa shape index (κ1) is 31.6. The van der Waals surface area contributed by atoms with Crippen molar-refractivity contribution in [3.63, 3.8) is 0 Å². The Labute approximate surface area is 188 Å². The first-order valence-electron chi connectivity index (χ1n) is 9.30. The van der Waals surface area contributed by atoms with Crippen molar-refractivity contribution in [1.82, 2.24) is 15.5 Å². The molecule has 0 aliphatic rings. The Morgan fingerprint density at radius 2 is 1.30 bits per heavy atom. The number of ether oxygens (including phenoxy) is 2. The average molecular weight is 466 g/mol. The van der Waals surface area contributed by atoms with Gasteiger partial charge >= 0.3 is 0 Å². The zero-order valence-electron chi connectivity index (χ0n) is 17.0. The van der Waals surface area contributed by atoms with Crippen molar-refractivity contribution < 1.29 is 9.47 Å². The highest BCUT2D eigenvalue weighted by molar-refractivity contribution is 7.80. The molecule has 6 nitrogen and oxygen atoms in total. The van der Waals surface area contributed by atoms with E-state index in [0.717, 1.165) is 51.7 Å². The van der Waals surface area contributed by atoms with Crippen LogP contribution in [0.3, 0.4) is 0 Å². The highest BCUT2D eigenvalue weighted by atomic mass is 35.5. The number of unbranched alkanes of at least 4 members (excludes halogenated alkanes) is 2. The molecular formula is C17H38Cl2N4O2S2.